The Morgan fingerprint density at radius 1 is 0.815 bits per heavy atom. The summed E-state index contributed by atoms with van der Waals surface area (Å²) in [4.78, 5) is 4.11. The molecule has 0 aliphatic carbocycles. The standard InChI is InChI=1S/C23H33N3O/c1-2-3-4-5-6-7-8-9-10-11-14-20-16-17-22(27)21(19-20)25-26-23-15-12-13-18-24-23/h12-13,15-19,27H,2-11,14H2,1H3/b26-25+. The summed E-state index contributed by atoms with van der Waals surface area (Å²) < 4.78 is 0. The maximum absolute atomic E-state index is 9.98. The normalized spacial score (nSPS) is 11.3. The lowest BCUT2D eigenvalue weighted by atomic mass is 10.0. The molecule has 4 nitrogen and oxygen atoms in total. The lowest BCUT2D eigenvalue weighted by Gasteiger charge is -2.05. The molecule has 0 fully saturated rings. The van der Waals surface area contributed by atoms with Gasteiger partial charge in [0.1, 0.15) is 11.4 Å². The van der Waals surface area contributed by atoms with Gasteiger partial charge in [0.2, 0.25) is 0 Å². The number of phenols is 1. The number of aryl methyl sites for hydroxylation is 1. The molecule has 1 N–H and O–H groups in total. The molecule has 1 aromatic carbocycles. The summed E-state index contributed by atoms with van der Waals surface area (Å²) in [6, 6.07) is 11.1. The van der Waals surface area contributed by atoms with E-state index >= 15 is 0 Å². The van der Waals surface area contributed by atoms with Crippen molar-refractivity contribution >= 4 is 11.5 Å². The molecule has 0 unspecified atom stereocenters. The first kappa shape index (κ1) is 21.1. The van der Waals surface area contributed by atoms with Crippen LogP contribution >= 0.6 is 0 Å². The van der Waals surface area contributed by atoms with Crippen LogP contribution in [0.2, 0.25) is 0 Å². The van der Waals surface area contributed by atoms with Gasteiger partial charge in [-0.2, -0.15) is 0 Å². The van der Waals surface area contributed by atoms with Crippen LogP contribution < -0.4 is 0 Å². The minimum Gasteiger partial charge on any atom is -0.506 e. The summed E-state index contributed by atoms with van der Waals surface area (Å²) in [6.45, 7) is 2.26. The molecule has 0 spiro atoms. The van der Waals surface area contributed by atoms with Gasteiger partial charge in [0.05, 0.1) is 0 Å². The summed E-state index contributed by atoms with van der Waals surface area (Å²) in [5.74, 6) is 0.693. The molecule has 2 rings (SSSR count). The Morgan fingerprint density at radius 2 is 1.52 bits per heavy atom. The van der Waals surface area contributed by atoms with Crippen LogP contribution in [-0.2, 0) is 6.42 Å². The molecule has 0 aliphatic rings. The molecule has 0 saturated heterocycles. The van der Waals surface area contributed by atoms with Crippen LogP contribution in [-0.4, -0.2) is 10.1 Å². The van der Waals surface area contributed by atoms with Gasteiger partial charge in [0, 0.05) is 6.20 Å². The first-order valence-electron chi connectivity index (χ1n) is 10.4. The van der Waals surface area contributed by atoms with Crippen molar-refractivity contribution in [1.29, 1.82) is 0 Å². The molecule has 0 amide bonds. The second-order valence-electron chi connectivity index (χ2n) is 7.14. The Labute approximate surface area is 163 Å². The predicted molar refractivity (Wildman–Crippen MR) is 112 cm³/mol. The summed E-state index contributed by atoms with van der Waals surface area (Å²) in [6.07, 6.45) is 16.1. The summed E-state index contributed by atoms with van der Waals surface area (Å²) >= 11 is 0. The summed E-state index contributed by atoms with van der Waals surface area (Å²) in [5, 5.41) is 18.2. The van der Waals surface area contributed by atoms with Crippen LogP contribution in [0.25, 0.3) is 0 Å². The van der Waals surface area contributed by atoms with E-state index in [4.69, 9.17) is 0 Å². The lowest BCUT2D eigenvalue weighted by molar-refractivity contribution is 0.476. The van der Waals surface area contributed by atoms with Crippen molar-refractivity contribution in [2.45, 2.75) is 77.6 Å². The highest BCUT2D eigenvalue weighted by Crippen LogP contribution is 2.29. The predicted octanol–water partition coefficient (Wildman–Crippen LogP) is 7.67. The third kappa shape index (κ3) is 8.80. The molecular formula is C23H33N3O. The van der Waals surface area contributed by atoms with Crippen LogP contribution in [0.4, 0.5) is 11.5 Å². The first-order valence-corrected chi connectivity index (χ1v) is 10.4. The zero-order valence-corrected chi connectivity index (χ0v) is 16.6. The third-order valence-electron chi connectivity index (χ3n) is 4.77. The van der Waals surface area contributed by atoms with Crippen LogP contribution in [0.3, 0.4) is 0 Å². The average Bonchev–Trinajstić information content (AvgIpc) is 2.70. The van der Waals surface area contributed by atoms with Gasteiger partial charge in [-0.15, -0.1) is 10.2 Å². The Balaban J connectivity index is 1.67. The van der Waals surface area contributed by atoms with Crippen molar-refractivity contribution in [3.63, 3.8) is 0 Å². The van der Waals surface area contributed by atoms with Gasteiger partial charge in [-0.3, -0.25) is 0 Å². The van der Waals surface area contributed by atoms with E-state index in [0.717, 1.165) is 6.42 Å². The molecule has 1 aromatic heterocycles. The molecule has 146 valence electrons. The zero-order chi connectivity index (χ0) is 19.2. The Bertz CT molecular complexity index is 671. The molecule has 1 heterocycles. The van der Waals surface area contributed by atoms with Gasteiger partial charge < -0.3 is 5.11 Å². The number of pyridine rings is 1. The molecule has 0 bridgehead atoms. The Morgan fingerprint density at radius 3 is 2.19 bits per heavy atom. The Kier molecular flexibility index (Phi) is 10.2. The zero-order valence-electron chi connectivity index (χ0n) is 16.6. The molecule has 4 heteroatoms. The van der Waals surface area contributed by atoms with Gasteiger partial charge in [0.25, 0.3) is 0 Å². The highest BCUT2D eigenvalue weighted by atomic mass is 16.3. The smallest absolute Gasteiger partial charge is 0.174 e. The molecular weight excluding hydrogens is 334 g/mol. The highest BCUT2D eigenvalue weighted by Gasteiger charge is 2.03. The number of azo groups is 1. The van der Waals surface area contributed by atoms with Crippen LogP contribution in [0.15, 0.2) is 52.8 Å². The number of nitrogens with zero attached hydrogens (tertiary/aromatic N) is 3. The quantitative estimate of drug-likeness (QED) is 0.292. The lowest BCUT2D eigenvalue weighted by Crippen LogP contribution is -1.87. The molecule has 27 heavy (non-hydrogen) atoms. The molecule has 0 aliphatic heterocycles. The monoisotopic (exact) mass is 367 g/mol. The highest BCUT2D eigenvalue weighted by molar-refractivity contribution is 5.52. The topological polar surface area (TPSA) is 57.8 Å². The number of aromatic hydroxyl groups is 1. The Hall–Kier alpha value is -2.23. The van der Waals surface area contributed by atoms with Gasteiger partial charge in [-0.25, -0.2) is 4.98 Å². The number of hydrogen-bond donors (Lipinski definition) is 1. The fourth-order valence-electron chi connectivity index (χ4n) is 3.14. The van der Waals surface area contributed by atoms with Crippen molar-refractivity contribution in [1.82, 2.24) is 4.98 Å². The van der Waals surface area contributed by atoms with Crippen LogP contribution in [0.1, 0.15) is 76.7 Å². The van der Waals surface area contributed by atoms with E-state index in [2.05, 4.69) is 22.1 Å². The van der Waals surface area contributed by atoms with Crippen molar-refractivity contribution in [2.75, 3.05) is 0 Å². The van der Waals surface area contributed by atoms with Crippen LogP contribution in [0.5, 0.6) is 5.75 Å². The summed E-state index contributed by atoms with van der Waals surface area (Å²) in [7, 11) is 0. The van der Waals surface area contributed by atoms with E-state index in [1.54, 1.807) is 18.3 Å². The van der Waals surface area contributed by atoms with E-state index < -0.39 is 0 Å². The van der Waals surface area contributed by atoms with Crippen molar-refractivity contribution in [2.24, 2.45) is 10.2 Å². The summed E-state index contributed by atoms with van der Waals surface area (Å²) in [5.41, 5.74) is 1.70. The largest absolute Gasteiger partial charge is 0.506 e. The maximum atomic E-state index is 9.98. The van der Waals surface area contributed by atoms with Crippen molar-refractivity contribution in [3.05, 3.63) is 48.2 Å². The molecule has 0 radical (unpaired) electrons. The van der Waals surface area contributed by atoms with Gasteiger partial charge in [-0.1, -0.05) is 76.8 Å². The van der Waals surface area contributed by atoms with Gasteiger partial charge in [-0.05, 0) is 42.7 Å². The van der Waals surface area contributed by atoms with E-state index in [0.29, 0.717) is 11.5 Å². The number of phenolic OH excluding ortho intramolecular Hbond substituents is 1. The SMILES string of the molecule is CCCCCCCCCCCCc1ccc(O)c(/N=N/c2ccccn2)c1. The fraction of sp³-hybridized carbons (Fsp3) is 0.522. The molecule has 2 aromatic rings. The second-order valence-corrected chi connectivity index (χ2v) is 7.14. The number of aromatic nitrogens is 1. The third-order valence-corrected chi connectivity index (χ3v) is 4.77. The van der Waals surface area contributed by atoms with E-state index in [1.165, 1.54) is 69.8 Å². The van der Waals surface area contributed by atoms with Crippen LogP contribution in [0, 0.1) is 0 Å². The first-order chi connectivity index (χ1) is 13.3. The minimum absolute atomic E-state index is 0.154. The molecule has 0 atom stereocenters. The second kappa shape index (κ2) is 13.0. The van der Waals surface area contributed by atoms with Gasteiger partial charge in [0.15, 0.2) is 5.82 Å². The average molecular weight is 368 g/mol. The van der Waals surface area contributed by atoms with Crippen molar-refractivity contribution in [3.8, 4) is 5.75 Å². The number of unbranched alkanes of at least 4 members (excludes halogenated alkanes) is 9. The van der Waals surface area contributed by atoms with Gasteiger partial charge >= 0.3 is 0 Å². The fourth-order valence-corrected chi connectivity index (χ4v) is 3.14. The van der Waals surface area contributed by atoms with E-state index in [-0.39, 0.29) is 5.75 Å². The number of hydrogen-bond acceptors (Lipinski definition) is 4. The minimum atomic E-state index is 0.154. The maximum Gasteiger partial charge on any atom is 0.174 e. The molecule has 0 saturated carbocycles. The van der Waals surface area contributed by atoms with E-state index in [1.807, 2.05) is 24.3 Å². The number of benzene rings is 1. The van der Waals surface area contributed by atoms with Crippen molar-refractivity contribution < 1.29 is 5.11 Å². The number of rotatable bonds is 13. The van der Waals surface area contributed by atoms with E-state index in [9.17, 15) is 5.11 Å².